The van der Waals surface area contributed by atoms with Gasteiger partial charge in [-0.05, 0) is 49.9 Å². The zero-order valence-electron chi connectivity index (χ0n) is 11.7. The Hall–Kier alpha value is -1.47. The second-order valence-corrected chi connectivity index (χ2v) is 6.88. The Balaban J connectivity index is 2.51. The van der Waals surface area contributed by atoms with Crippen molar-refractivity contribution in [3.05, 3.63) is 28.8 Å². The second-order valence-electron chi connectivity index (χ2n) is 4.70. The minimum absolute atomic E-state index is 0.0705. The van der Waals surface area contributed by atoms with E-state index in [2.05, 4.69) is 18.9 Å². The van der Waals surface area contributed by atoms with E-state index in [0.717, 1.165) is 11.3 Å². The van der Waals surface area contributed by atoms with Crippen LogP contribution in [-0.2, 0) is 9.84 Å². The van der Waals surface area contributed by atoms with E-state index in [1.165, 1.54) is 11.1 Å². The SMILES string of the molecule is C#CCS(=O)(=O)CCCOc1cc(C)c(C)cc1C. The summed E-state index contributed by atoms with van der Waals surface area (Å²) >= 11 is 0. The predicted molar refractivity (Wildman–Crippen MR) is 78.3 cm³/mol. The summed E-state index contributed by atoms with van der Waals surface area (Å²) in [5.41, 5.74) is 3.46. The van der Waals surface area contributed by atoms with Crippen molar-refractivity contribution in [3.63, 3.8) is 0 Å². The highest BCUT2D eigenvalue weighted by Gasteiger charge is 2.09. The highest BCUT2D eigenvalue weighted by molar-refractivity contribution is 7.91. The molecule has 0 bridgehead atoms. The van der Waals surface area contributed by atoms with Crippen LogP contribution in [0.3, 0.4) is 0 Å². The van der Waals surface area contributed by atoms with Crippen molar-refractivity contribution < 1.29 is 13.2 Å². The van der Waals surface area contributed by atoms with Gasteiger partial charge in [-0.15, -0.1) is 6.42 Å². The number of rotatable bonds is 6. The van der Waals surface area contributed by atoms with Crippen LogP contribution < -0.4 is 4.74 Å². The Morgan fingerprint density at radius 1 is 1.16 bits per heavy atom. The van der Waals surface area contributed by atoms with Crippen LogP contribution in [0.5, 0.6) is 5.75 Å². The van der Waals surface area contributed by atoms with E-state index in [9.17, 15) is 8.42 Å². The lowest BCUT2D eigenvalue weighted by Crippen LogP contribution is -2.12. The largest absolute Gasteiger partial charge is 0.493 e. The molecule has 1 rings (SSSR count). The molecule has 1 aromatic carbocycles. The van der Waals surface area contributed by atoms with E-state index in [1.54, 1.807) is 0 Å². The van der Waals surface area contributed by atoms with Gasteiger partial charge in [0.2, 0.25) is 0 Å². The number of hydrogen-bond acceptors (Lipinski definition) is 3. The van der Waals surface area contributed by atoms with Crippen LogP contribution in [0.15, 0.2) is 12.1 Å². The standard InChI is InChI=1S/C15H20O3S/c1-5-8-19(16,17)9-6-7-18-15-11-13(3)12(2)10-14(15)4/h1,10-11H,6-9H2,2-4H3. The Labute approximate surface area is 115 Å². The summed E-state index contributed by atoms with van der Waals surface area (Å²) in [4.78, 5) is 0. The van der Waals surface area contributed by atoms with Crippen LogP contribution >= 0.6 is 0 Å². The zero-order chi connectivity index (χ0) is 14.5. The lowest BCUT2D eigenvalue weighted by Gasteiger charge is -2.11. The molecule has 0 aromatic heterocycles. The Bertz CT molecular complexity index is 580. The van der Waals surface area contributed by atoms with Crippen molar-refractivity contribution >= 4 is 9.84 Å². The second kappa shape index (κ2) is 6.63. The van der Waals surface area contributed by atoms with Crippen LogP contribution in [-0.4, -0.2) is 26.5 Å². The van der Waals surface area contributed by atoms with Gasteiger partial charge >= 0.3 is 0 Å². The first kappa shape index (κ1) is 15.6. The fraction of sp³-hybridized carbons (Fsp3) is 0.467. The van der Waals surface area contributed by atoms with E-state index < -0.39 is 9.84 Å². The minimum atomic E-state index is -3.13. The summed E-state index contributed by atoms with van der Waals surface area (Å²) in [6.07, 6.45) is 5.45. The minimum Gasteiger partial charge on any atom is -0.493 e. The van der Waals surface area contributed by atoms with Gasteiger partial charge in [-0.2, -0.15) is 0 Å². The third-order valence-corrected chi connectivity index (χ3v) is 4.47. The van der Waals surface area contributed by atoms with E-state index in [0.29, 0.717) is 13.0 Å². The quantitative estimate of drug-likeness (QED) is 0.594. The molecule has 0 atom stereocenters. The van der Waals surface area contributed by atoms with Gasteiger partial charge in [-0.3, -0.25) is 0 Å². The lowest BCUT2D eigenvalue weighted by atomic mass is 10.1. The molecule has 0 unspecified atom stereocenters. The molecule has 0 aliphatic rings. The van der Waals surface area contributed by atoms with Gasteiger partial charge < -0.3 is 4.74 Å². The van der Waals surface area contributed by atoms with Gasteiger partial charge in [-0.1, -0.05) is 12.0 Å². The number of terminal acetylenes is 1. The maximum atomic E-state index is 11.4. The summed E-state index contributed by atoms with van der Waals surface area (Å²) in [6.45, 7) is 6.45. The van der Waals surface area contributed by atoms with Gasteiger partial charge in [0, 0.05) is 0 Å². The molecule has 0 N–H and O–H groups in total. The molecule has 0 fully saturated rings. The molecule has 1 aromatic rings. The molecule has 0 radical (unpaired) electrons. The van der Waals surface area contributed by atoms with Crippen LogP contribution in [0.1, 0.15) is 23.1 Å². The van der Waals surface area contributed by atoms with Gasteiger partial charge in [0.05, 0.1) is 12.4 Å². The topological polar surface area (TPSA) is 43.4 Å². The number of ether oxygens (including phenoxy) is 1. The fourth-order valence-electron chi connectivity index (χ4n) is 1.75. The molecule has 19 heavy (non-hydrogen) atoms. The van der Waals surface area contributed by atoms with Crippen LogP contribution in [0.4, 0.5) is 0 Å². The van der Waals surface area contributed by atoms with Crippen molar-refractivity contribution in [3.8, 4) is 18.1 Å². The summed E-state index contributed by atoms with van der Waals surface area (Å²) in [7, 11) is -3.13. The zero-order valence-corrected chi connectivity index (χ0v) is 12.5. The predicted octanol–water partition coefficient (Wildman–Crippen LogP) is 2.43. The molecule has 0 amide bonds. The van der Waals surface area contributed by atoms with Gasteiger partial charge in [0.1, 0.15) is 11.5 Å². The molecule has 0 saturated heterocycles. The third-order valence-electron chi connectivity index (χ3n) is 2.95. The van der Waals surface area contributed by atoms with E-state index in [4.69, 9.17) is 11.2 Å². The highest BCUT2D eigenvalue weighted by atomic mass is 32.2. The molecule has 104 valence electrons. The van der Waals surface area contributed by atoms with E-state index in [1.807, 2.05) is 19.9 Å². The number of aryl methyl sites for hydroxylation is 3. The van der Waals surface area contributed by atoms with Gasteiger partial charge in [0.15, 0.2) is 9.84 Å². The molecular weight excluding hydrogens is 260 g/mol. The number of sulfone groups is 1. The van der Waals surface area contributed by atoms with Crippen LogP contribution in [0.2, 0.25) is 0 Å². The summed E-state index contributed by atoms with van der Waals surface area (Å²) in [6, 6.07) is 4.06. The van der Waals surface area contributed by atoms with Crippen molar-refractivity contribution in [2.24, 2.45) is 0 Å². The van der Waals surface area contributed by atoms with Crippen molar-refractivity contribution in [2.75, 3.05) is 18.1 Å². The summed E-state index contributed by atoms with van der Waals surface area (Å²) < 4.78 is 28.4. The van der Waals surface area contributed by atoms with Gasteiger partial charge in [0.25, 0.3) is 0 Å². The lowest BCUT2D eigenvalue weighted by molar-refractivity contribution is 0.315. The van der Waals surface area contributed by atoms with E-state index >= 15 is 0 Å². The molecular formula is C15H20O3S. The normalized spacial score (nSPS) is 11.1. The molecule has 0 aliphatic heterocycles. The van der Waals surface area contributed by atoms with Crippen LogP contribution in [0, 0.1) is 33.1 Å². The van der Waals surface area contributed by atoms with Gasteiger partial charge in [-0.25, -0.2) is 8.42 Å². The molecule has 0 saturated carbocycles. The van der Waals surface area contributed by atoms with Crippen molar-refractivity contribution in [2.45, 2.75) is 27.2 Å². The smallest absolute Gasteiger partial charge is 0.161 e. The Morgan fingerprint density at radius 3 is 2.42 bits per heavy atom. The monoisotopic (exact) mass is 280 g/mol. The van der Waals surface area contributed by atoms with E-state index in [-0.39, 0.29) is 11.5 Å². The fourth-order valence-corrected chi connectivity index (χ4v) is 2.71. The average molecular weight is 280 g/mol. The average Bonchev–Trinajstić information content (AvgIpc) is 2.30. The highest BCUT2D eigenvalue weighted by Crippen LogP contribution is 2.22. The van der Waals surface area contributed by atoms with Crippen molar-refractivity contribution in [1.29, 1.82) is 0 Å². The number of benzene rings is 1. The summed E-state index contributed by atoms with van der Waals surface area (Å²) in [5.74, 6) is 2.85. The maximum absolute atomic E-state index is 11.4. The first-order valence-corrected chi connectivity index (χ1v) is 8.02. The Morgan fingerprint density at radius 2 is 1.79 bits per heavy atom. The van der Waals surface area contributed by atoms with Crippen LogP contribution in [0.25, 0.3) is 0 Å². The first-order valence-electron chi connectivity index (χ1n) is 6.20. The number of hydrogen-bond donors (Lipinski definition) is 0. The molecule has 0 spiro atoms. The molecule has 4 heteroatoms. The summed E-state index contributed by atoms with van der Waals surface area (Å²) in [5, 5.41) is 0. The molecule has 0 aliphatic carbocycles. The molecule has 3 nitrogen and oxygen atoms in total. The first-order chi connectivity index (χ1) is 8.85. The van der Waals surface area contributed by atoms with Crippen molar-refractivity contribution in [1.82, 2.24) is 0 Å². The third kappa shape index (κ3) is 4.96. The Kier molecular flexibility index (Phi) is 5.44. The maximum Gasteiger partial charge on any atom is 0.161 e. The molecule has 0 heterocycles.